The van der Waals surface area contributed by atoms with Crippen LogP contribution in [0.2, 0.25) is 0 Å². The van der Waals surface area contributed by atoms with Crippen molar-refractivity contribution in [3.05, 3.63) is 23.9 Å². The van der Waals surface area contributed by atoms with Gasteiger partial charge in [0, 0.05) is 24.3 Å². The summed E-state index contributed by atoms with van der Waals surface area (Å²) in [6.45, 7) is 3.66. The fraction of sp³-hybridized carbons (Fsp3) is 0.676. The van der Waals surface area contributed by atoms with E-state index in [-0.39, 0.29) is 48.5 Å². The molecule has 0 radical (unpaired) electrons. The van der Waals surface area contributed by atoms with Crippen LogP contribution < -0.4 is 9.47 Å². The van der Waals surface area contributed by atoms with Crippen molar-refractivity contribution in [3.8, 4) is 11.6 Å². The minimum absolute atomic E-state index is 0.00130. The predicted molar refractivity (Wildman–Crippen MR) is 161 cm³/mol. The van der Waals surface area contributed by atoms with E-state index >= 15 is 8.78 Å². The molecule has 6 rings (SSSR count). The molecule has 3 fully saturated rings. The molecule has 1 aromatic heterocycles. The first-order valence-corrected chi connectivity index (χ1v) is 16.4. The number of halogens is 2. The summed E-state index contributed by atoms with van der Waals surface area (Å²) in [7, 11) is 1.50. The Hall–Kier alpha value is -3.37. The van der Waals surface area contributed by atoms with Gasteiger partial charge in [0.2, 0.25) is 11.8 Å². The van der Waals surface area contributed by atoms with Gasteiger partial charge < -0.3 is 23.9 Å². The molecule has 3 heterocycles. The fourth-order valence-corrected chi connectivity index (χ4v) is 7.68. The number of aldehydes is 1. The van der Waals surface area contributed by atoms with Gasteiger partial charge in [-0.05, 0) is 57.1 Å². The number of amides is 1. The van der Waals surface area contributed by atoms with E-state index in [0.717, 1.165) is 32.1 Å². The molecular formula is C34H43F2N3O6. The second-order valence-corrected chi connectivity index (χ2v) is 13.7. The molecule has 0 spiro atoms. The predicted octanol–water partition coefficient (Wildman–Crippen LogP) is 6.01. The number of carbonyl (C=O) groups excluding carboxylic acids is 3. The highest BCUT2D eigenvalue weighted by molar-refractivity contribution is 5.87. The highest BCUT2D eigenvalue weighted by Gasteiger charge is 2.54. The van der Waals surface area contributed by atoms with Crippen LogP contribution in [0.25, 0.3) is 11.0 Å². The summed E-state index contributed by atoms with van der Waals surface area (Å²) in [6.07, 6.45) is 6.24. The molecule has 2 aliphatic carbocycles. The lowest BCUT2D eigenvalue weighted by atomic mass is 9.77. The lowest BCUT2D eigenvalue weighted by Crippen LogP contribution is -2.45. The maximum absolute atomic E-state index is 15.9. The highest BCUT2D eigenvalue weighted by atomic mass is 19.3. The second-order valence-electron chi connectivity index (χ2n) is 13.7. The standard InChI is InChI=1S/C34H43F2N3O6/c1-20-27(19-40)39-18-28(20)44-31-30(37-25-13-12-23(43-3)15-26(25)38-31)34(35,36)14-8-7-11-22-17-33(22,2)45-29(41)16-24(32(39)42)21-9-5-4-6-10-21/h12-13,15,19-22,24,27-28H,4-11,14,16-18H2,1-3H3/t20-,22+,24-,27+,28-,33+/m0/s1. The number of aromatic nitrogens is 2. The largest absolute Gasteiger partial charge is 0.497 e. The fourth-order valence-electron chi connectivity index (χ4n) is 7.68. The van der Waals surface area contributed by atoms with Crippen molar-refractivity contribution in [2.24, 2.45) is 23.7 Å². The number of methoxy groups -OCH3 is 1. The first-order valence-electron chi connectivity index (χ1n) is 16.4. The average Bonchev–Trinajstić information content (AvgIpc) is 3.55. The van der Waals surface area contributed by atoms with Crippen LogP contribution in [-0.2, 0) is 25.0 Å². The number of rotatable bonds is 3. The van der Waals surface area contributed by atoms with Gasteiger partial charge in [-0.25, -0.2) is 9.97 Å². The van der Waals surface area contributed by atoms with Gasteiger partial charge in [-0.3, -0.25) is 9.59 Å². The Morgan fingerprint density at radius 1 is 1.04 bits per heavy atom. The van der Waals surface area contributed by atoms with Crippen LogP contribution >= 0.6 is 0 Å². The Kier molecular flexibility index (Phi) is 8.73. The zero-order valence-electron chi connectivity index (χ0n) is 26.3. The summed E-state index contributed by atoms with van der Waals surface area (Å²) >= 11 is 0. The Morgan fingerprint density at radius 2 is 1.80 bits per heavy atom. The molecule has 1 saturated heterocycles. The van der Waals surface area contributed by atoms with Crippen LogP contribution in [0.5, 0.6) is 11.6 Å². The summed E-state index contributed by atoms with van der Waals surface area (Å²) in [5.41, 5.74) is -0.574. The van der Waals surface area contributed by atoms with E-state index < -0.39 is 53.6 Å². The Bertz CT molecular complexity index is 1450. The Balaban J connectivity index is 1.38. The van der Waals surface area contributed by atoms with E-state index in [2.05, 4.69) is 9.97 Å². The van der Waals surface area contributed by atoms with Crippen molar-refractivity contribution in [2.75, 3.05) is 13.7 Å². The van der Waals surface area contributed by atoms with Gasteiger partial charge in [0.15, 0.2) is 5.69 Å². The molecule has 45 heavy (non-hydrogen) atoms. The molecule has 1 amide bonds. The number of alkyl halides is 2. The molecule has 0 N–H and O–H groups in total. The second kappa shape index (κ2) is 12.4. The Labute approximate surface area is 262 Å². The van der Waals surface area contributed by atoms with Crippen LogP contribution in [0.4, 0.5) is 8.78 Å². The molecule has 0 unspecified atom stereocenters. The first-order chi connectivity index (χ1) is 21.5. The average molecular weight is 628 g/mol. The smallest absolute Gasteiger partial charge is 0.307 e. The van der Waals surface area contributed by atoms with Crippen LogP contribution in [-0.4, -0.2) is 64.4 Å². The number of fused-ring (bicyclic) bond motifs is 5. The Morgan fingerprint density at radius 3 is 2.53 bits per heavy atom. The number of ether oxygens (including phenoxy) is 3. The number of esters is 1. The van der Waals surface area contributed by atoms with E-state index in [1.54, 1.807) is 25.1 Å². The summed E-state index contributed by atoms with van der Waals surface area (Å²) in [6, 6.07) is 4.00. The van der Waals surface area contributed by atoms with Crippen molar-refractivity contribution >= 4 is 29.2 Å². The summed E-state index contributed by atoms with van der Waals surface area (Å²) in [4.78, 5) is 50.3. The van der Waals surface area contributed by atoms with Gasteiger partial charge in [-0.2, -0.15) is 8.78 Å². The third kappa shape index (κ3) is 6.36. The summed E-state index contributed by atoms with van der Waals surface area (Å²) < 4.78 is 49.4. The van der Waals surface area contributed by atoms with E-state index in [1.165, 1.54) is 12.0 Å². The van der Waals surface area contributed by atoms with E-state index in [9.17, 15) is 14.4 Å². The van der Waals surface area contributed by atoms with Crippen LogP contribution in [0, 0.1) is 23.7 Å². The summed E-state index contributed by atoms with van der Waals surface area (Å²) in [5, 5.41) is 0. The van der Waals surface area contributed by atoms with Crippen LogP contribution in [0.15, 0.2) is 18.2 Å². The van der Waals surface area contributed by atoms with Crippen LogP contribution in [0.3, 0.4) is 0 Å². The zero-order valence-corrected chi connectivity index (χ0v) is 26.3. The monoisotopic (exact) mass is 627 g/mol. The molecule has 11 heteroatoms. The van der Waals surface area contributed by atoms with Gasteiger partial charge in [0.1, 0.15) is 23.7 Å². The molecule has 4 aliphatic rings. The lowest BCUT2D eigenvalue weighted by molar-refractivity contribution is -0.157. The zero-order chi connectivity index (χ0) is 31.9. The molecule has 1 aromatic carbocycles. The third-order valence-corrected chi connectivity index (χ3v) is 10.7. The van der Waals surface area contributed by atoms with Gasteiger partial charge in [0.05, 0.1) is 43.1 Å². The van der Waals surface area contributed by atoms with Crippen molar-refractivity contribution < 1.29 is 37.4 Å². The normalized spacial score (nSPS) is 32.8. The van der Waals surface area contributed by atoms with Crippen molar-refractivity contribution in [1.82, 2.24) is 14.9 Å². The minimum Gasteiger partial charge on any atom is -0.497 e. The minimum atomic E-state index is -3.34. The molecule has 2 aromatic rings. The van der Waals surface area contributed by atoms with Crippen molar-refractivity contribution in [2.45, 2.75) is 108 Å². The maximum Gasteiger partial charge on any atom is 0.307 e. The molecule has 244 valence electrons. The van der Waals surface area contributed by atoms with Crippen LogP contribution in [0.1, 0.15) is 90.2 Å². The number of nitrogens with zero attached hydrogens (tertiary/aromatic N) is 3. The molecule has 2 saturated carbocycles. The van der Waals surface area contributed by atoms with Gasteiger partial charge in [0.25, 0.3) is 5.92 Å². The van der Waals surface area contributed by atoms with Crippen molar-refractivity contribution in [3.63, 3.8) is 0 Å². The topological polar surface area (TPSA) is 108 Å². The molecule has 2 aliphatic heterocycles. The number of hydrogen-bond donors (Lipinski definition) is 0. The van der Waals surface area contributed by atoms with E-state index in [1.807, 2.05) is 6.92 Å². The SMILES string of the molecule is COc1ccc2nc3c(nc2c1)O[C@H]1CN(C(=O)[C@H](C2CCCCC2)CC(=O)O[C@]2(C)C[C@H]2CCCCC3(F)F)[C@H](C=O)[C@@H]1C. The van der Waals surface area contributed by atoms with E-state index in [4.69, 9.17) is 14.2 Å². The first kappa shape index (κ1) is 31.6. The maximum atomic E-state index is 15.9. The van der Waals surface area contributed by atoms with Gasteiger partial charge >= 0.3 is 5.97 Å². The molecule has 2 bridgehead atoms. The lowest BCUT2D eigenvalue weighted by Gasteiger charge is -2.33. The van der Waals surface area contributed by atoms with Gasteiger partial charge in [-0.1, -0.05) is 32.6 Å². The highest BCUT2D eigenvalue weighted by Crippen LogP contribution is 2.51. The number of hydrogen-bond acceptors (Lipinski definition) is 8. The molecule has 9 nitrogen and oxygen atoms in total. The summed E-state index contributed by atoms with van der Waals surface area (Å²) in [5.74, 6) is -4.89. The van der Waals surface area contributed by atoms with Crippen molar-refractivity contribution in [1.29, 1.82) is 0 Å². The molecule has 6 atom stereocenters. The molecular weight excluding hydrogens is 584 g/mol. The third-order valence-electron chi connectivity index (χ3n) is 10.7. The quantitative estimate of drug-likeness (QED) is 0.301. The van der Waals surface area contributed by atoms with Gasteiger partial charge in [-0.15, -0.1) is 0 Å². The number of carbonyl (C=O) groups is 3. The number of benzene rings is 1. The van der Waals surface area contributed by atoms with E-state index in [0.29, 0.717) is 36.8 Å².